The molecule has 0 aliphatic heterocycles. The topological polar surface area (TPSA) is 0 Å². The van der Waals surface area contributed by atoms with E-state index in [0.29, 0.717) is 6.92 Å². The minimum atomic E-state index is -4.65. The molecule has 5 heteroatoms. The van der Waals surface area contributed by atoms with Crippen LogP contribution >= 0.6 is 11.6 Å². The van der Waals surface area contributed by atoms with E-state index in [2.05, 4.69) is 11.6 Å². The van der Waals surface area contributed by atoms with Crippen molar-refractivity contribution in [1.82, 2.24) is 0 Å². The van der Waals surface area contributed by atoms with Crippen molar-refractivity contribution in [3.8, 4) is 0 Å². The number of rotatable bonds is 0. The van der Waals surface area contributed by atoms with E-state index in [0.717, 1.165) is 0 Å². The van der Waals surface area contributed by atoms with Gasteiger partial charge in [0.15, 0.2) is 5.29 Å². The van der Waals surface area contributed by atoms with Gasteiger partial charge in [-0.25, -0.2) is 0 Å². The summed E-state index contributed by atoms with van der Waals surface area (Å²) in [6.07, 6.45) is -4.65. The van der Waals surface area contributed by atoms with Gasteiger partial charge in [-0.05, 0) is 6.92 Å². The summed E-state index contributed by atoms with van der Waals surface area (Å²) < 4.78 is 45.5. The molecule has 0 aliphatic carbocycles. The Labute approximate surface area is 54.1 Å². The Morgan fingerprint density at radius 1 is 1.33 bits per heavy atom. The van der Waals surface area contributed by atoms with Gasteiger partial charge in [0.25, 0.3) is 0 Å². The van der Waals surface area contributed by atoms with Crippen LogP contribution in [0.15, 0.2) is 10.9 Å². The minimum Gasteiger partial charge on any atom is -0.193 e. The Hall–Kier alpha value is -0.250. The van der Waals surface area contributed by atoms with Crippen LogP contribution in [0.1, 0.15) is 6.92 Å². The summed E-state index contributed by atoms with van der Waals surface area (Å²) in [6.45, 7) is 0.572. The zero-order valence-corrected chi connectivity index (χ0v) is 5.15. The van der Waals surface area contributed by atoms with Crippen molar-refractivity contribution in [3.05, 3.63) is 10.9 Å². The average molecular weight is 163 g/mol. The highest BCUT2D eigenvalue weighted by Crippen LogP contribution is 2.29. The molecular formula is C4H3ClF4. The Balaban J connectivity index is 4.40. The molecule has 0 unspecified atom stereocenters. The average Bonchev–Trinajstić information content (AvgIpc) is 1.62. The van der Waals surface area contributed by atoms with Crippen LogP contribution in [-0.4, -0.2) is 6.18 Å². The van der Waals surface area contributed by atoms with Gasteiger partial charge in [0.2, 0.25) is 0 Å². The van der Waals surface area contributed by atoms with E-state index in [1.54, 1.807) is 0 Å². The quantitative estimate of drug-likeness (QED) is 0.481. The summed E-state index contributed by atoms with van der Waals surface area (Å²) in [7, 11) is 0. The first-order valence-electron chi connectivity index (χ1n) is 1.94. The molecule has 0 heterocycles. The van der Waals surface area contributed by atoms with Gasteiger partial charge in [0.1, 0.15) is 0 Å². The maximum Gasteiger partial charge on any atom is 0.416 e. The van der Waals surface area contributed by atoms with Crippen LogP contribution in [0.25, 0.3) is 0 Å². The molecule has 0 atom stereocenters. The Morgan fingerprint density at radius 3 is 1.67 bits per heavy atom. The maximum atomic E-state index is 11.5. The fourth-order valence-corrected chi connectivity index (χ4v) is 0.214. The molecule has 0 fully saturated rings. The second kappa shape index (κ2) is 2.56. The molecule has 0 nitrogen and oxygen atoms in total. The summed E-state index contributed by atoms with van der Waals surface area (Å²) >= 11 is 4.41. The Kier molecular flexibility index (Phi) is 2.49. The molecule has 0 aromatic heterocycles. The van der Waals surface area contributed by atoms with Crippen LogP contribution in [-0.2, 0) is 0 Å². The molecule has 0 aromatic carbocycles. The monoisotopic (exact) mass is 162 g/mol. The lowest BCUT2D eigenvalue weighted by Crippen LogP contribution is -2.09. The molecule has 0 amide bonds. The van der Waals surface area contributed by atoms with Crippen LogP contribution in [0, 0.1) is 0 Å². The van der Waals surface area contributed by atoms with Crippen molar-refractivity contribution in [1.29, 1.82) is 0 Å². The van der Waals surface area contributed by atoms with Crippen molar-refractivity contribution in [2.75, 3.05) is 0 Å². The molecule has 0 rings (SSSR count). The molecule has 54 valence electrons. The second-order valence-corrected chi connectivity index (χ2v) is 1.72. The zero-order chi connectivity index (χ0) is 7.65. The van der Waals surface area contributed by atoms with E-state index in [4.69, 9.17) is 0 Å². The molecule has 0 saturated carbocycles. The lowest BCUT2D eigenvalue weighted by atomic mass is 10.3. The van der Waals surface area contributed by atoms with E-state index < -0.39 is 17.0 Å². The summed E-state index contributed by atoms with van der Waals surface area (Å²) in [5.41, 5.74) is -1.40. The molecule has 0 radical (unpaired) electrons. The van der Waals surface area contributed by atoms with E-state index in [1.165, 1.54) is 0 Å². The summed E-state index contributed by atoms with van der Waals surface area (Å²) in [5.74, 6) is 0. The van der Waals surface area contributed by atoms with Crippen molar-refractivity contribution in [2.24, 2.45) is 0 Å². The number of hydrogen-bond donors (Lipinski definition) is 0. The lowest BCUT2D eigenvalue weighted by molar-refractivity contribution is -0.0926. The third-order valence-corrected chi connectivity index (χ3v) is 0.992. The van der Waals surface area contributed by atoms with Crippen LogP contribution in [0.4, 0.5) is 17.6 Å². The summed E-state index contributed by atoms with van der Waals surface area (Å²) in [6, 6.07) is 0. The number of alkyl halides is 3. The first kappa shape index (κ1) is 8.75. The predicted molar refractivity (Wildman–Crippen MR) is 25.7 cm³/mol. The van der Waals surface area contributed by atoms with Gasteiger partial charge in [-0.3, -0.25) is 0 Å². The normalized spacial score (nSPS) is 15.3. The molecule has 0 N–H and O–H groups in total. The predicted octanol–water partition coefficient (Wildman–Crippen LogP) is 2.99. The third kappa shape index (κ3) is 2.70. The van der Waals surface area contributed by atoms with Crippen molar-refractivity contribution in [2.45, 2.75) is 13.1 Å². The summed E-state index contributed by atoms with van der Waals surface area (Å²) in [4.78, 5) is 0. The third-order valence-electron chi connectivity index (χ3n) is 0.709. The molecule has 9 heavy (non-hydrogen) atoms. The first-order valence-corrected chi connectivity index (χ1v) is 2.32. The number of hydrogen-bond acceptors (Lipinski definition) is 0. The molecule has 0 bridgehead atoms. The largest absolute Gasteiger partial charge is 0.416 e. The van der Waals surface area contributed by atoms with Gasteiger partial charge in [-0.2, -0.15) is 17.6 Å². The fraction of sp³-hybridized carbons (Fsp3) is 0.500. The molecule has 0 aromatic rings. The minimum absolute atomic E-state index is 0.572. The standard InChI is InChI=1S/C4H3ClF4/c1-2(3(5)6)4(7,8)9/h1H3/b3-2+. The molecular weight excluding hydrogens is 159 g/mol. The van der Waals surface area contributed by atoms with Crippen molar-refractivity contribution in [3.63, 3.8) is 0 Å². The van der Waals surface area contributed by atoms with Crippen LogP contribution in [0.3, 0.4) is 0 Å². The lowest BCUT2D eigenvalue weighted by Gasteiger charge is -2.03. The highest BCUT2D eigenvalue weighted by atomic mass is 35.5. The van der Waals surface area contributed by atoms with E-state index in [9.17, 15) is 17.6 Å². The van der Waals surface area contributed by atoms with Crippen LogP contribution in [0.2, 0.25) is 0 Å². The fourth-order valence-electron chi connectivity index (χ4n) is 0.107. The zero-order valence-electron chi connectivity index (χ0n) is 4.39. The highest BCUT2D eigenvalue weighted by Gasteiger charge is 2.32. The van der Waals surface area contributed by atoms with Gasteiger partial charge < -0.3 is 0 Å². The van der Waals surface area contributed by atoms with E-state index in [1.807, 2.05) is 0 Å². The molecule has 0 aliphatic rings. The molecule has 0 spiro atoms. The van der Waals surface area contributed by atoms with E-state index >= 15 is 0 Å². The number of allylic oxidation sites excluding steroid dienone is 1. The molecule has 0 saturated heterocycles. The second-order valence-electron chi connectivity index (χ2n) is 1.38. The highest BCUT2D eigenvalue weighted by molar-refractivity contribution is 6.28. The first-order chi connectivity index (χ1) is 3.85. The van der Waals surface area contributed by atoms with Crippen molar-refractivity contribution >= 4 is 11.6 Å². The SMILES string of the molecule is C/C(=C(\F)Cl)C(F)(F)F. The van der Waals surface area contributed by atoms with Crippen LogP contribution in [0.5, 0.6) is 0 Å². The number of halogens is 5. The van der Waals surface area contributed by atoms with Gasteiger partial charge in [-0.1, -0.05) is 11.6 Å². The van der Waals surface area contributed by atoms with Gasteiger partial charge >= 0.3 is 6.18 Å². The van der Waals surface area contributed by atoms with E-state index in [-0.39, 0.29) is 0 Å². The smallest absolute Gasteiger partial charge is 0.193 e. The maximum absolute atomic E-state index is 11.5. The Morgan fingerprint density at radius 2 is 1.67 bits per heavy atom. The Bertz CT molecular complexity index is 130. The van der Waals surface area contributed by atoms with Crippen molar-refractivity contribution < 1.29 is 17.6 Å². The summed E-state index contributed by atoms with van der Waals surface area (Å²) in [5, 5.41) is -1.71. The van der Waals surface area contributed by atoms with Gasteiger partial charge in [0, 0.05) is 0 Å². The van der Waals surface area contributed by atoms with Gasteiger partial charge in [-0.15, -0.1) is 0 Å². The van der Waals surface area contributed by atoms with Crippen LogP contribution < -0.4 is 0 Å². The van der Waals surface area contributed by atoms with Gasteiger partial charge in [0.05, 0.1) is 5.57 Å².